The molecule has 106 valence electrons. The van der Waals surface area contributed by atoms with Crippen molar-refractivity contribution in [1.82, 2.24) is 9.80 Å². The van der Waals surface area contributed by atoms with Crippen LogP contribution in [0.1, 0.15) is 17.5 Å². The molecule has 1 fully saturated rings. The molecule has 3 nitrogen and oxygen atoms in total. The molecule has 19 heavy (non-hydrogen) atoms. The van der Waals surface area contributed by atoms with Gasteiger partial charge < -0.3 is 5.11 Å². The van der Waals surface area contributed by atoms with Crippen LogP contribution in [0.4, 0.5) is 4.39 Å². The van der Waals surface area contributed by atoms with Gasteiger partial charge in [-0.2, -0.15) is 0 Å². The van der Waals surface area contributed by atoms with Crippen LogP contribution in [0.15, 0.2) is 18.2 Å². The lowest BCUT2D eigenvalue weighted by Crippen LogP contribution is -2.32. The zero-order chi connectivity index (χ0) is 13.7. The van der Waals surface area contributed by atoms with Gasteiger partial charge in [0.05, 0.1) is 6.61 Å². The fourth-order valence-electron chi connectivity index (χ4n) is 2.60. The van der Waals surface area contributed by atoms with E-state index in [0.29, 0.717) is 0 Å². The molecule has 0 saturated carbocycles. The summed E-state index contributed by atoms with van der Waals surface area (Å²) in [6, 6.07) is 5.01. The molecule has 0 aromatic heterocycles. The van der Waals surface area contributed by atoms with Crippen molar-refractivity contribution in [2.75, 3.05) is 39.3 Å². The normalized spacial score (nSPS) is 18.5. The minimum atomic E-state index is -0.155. The Morgan fingerprint density at radius 3 is 2.68 bits per heavy atom. The second-order valence-corrected chi connectivity index (χ2v) is 5.27. The zero-order valence-electron chi connectivity index (χ0n) is 11.6. The van der Waals surface area contributed by atoms with Crippen molar-refractivity contribution in [3.8, 4) is 0 Å². The predicted octanol–water partition coefficient (Wildman–Crippen LogP) is 1.63. The third-order valence-corrected chi connectivity index (χ3v) is 3.80. The molecule has 1 aliphatic rings. The lowest BCUT2D eigenvalue weighted by Gasteiger charge is -2.22. The van der Waals surface area contributed by atoms with E-state index in [1.54, 1.807) is 6.07 Å². The number of halogens is 1. The Morgan fingerprint density at radius 1 is 1.16 bits per heavy atom. The highest BCUT2D eigenvalue weighted by atomic mass is 19.1. The Morgan fingerprint density at radius 2 is 1.89 bits per heavy atom. The van der Waals surface area contributed by atoms with Gasteiger partial charge in [0, 0.05) is 26.2 Å². The number of nitrogens with zero attached hydrogens (tertiary/aromatic N) is 2. The summed E-state index contributed by atoms with van der Waals surface area (Å²) in [5.41, 5.74) is 2.23. The third kappa shape index (κ3) is 4.27. The number of aliphatic hydroxyl groups is 1. The summed E-state index contributed by atoms with van der Waals surface area (Å²) in [5, 5.41) is 8.98. The smallest absolute Gasteiger partial charge is 0.123 e. The van der Waals surface area contributed by atoms with E-state index in [-0.39, 0.29) is 12.4 Å². The summed E-state index contributed by atoms with van der Waals surface area (Å²) in [7, 11) is 0. The number of benzene rings is 1. The molecule has 0 spiro atoms. The molecule has 0 radical (unpaired) electrons. The summed E-state index contributed by atoms with van der Waals surface area (Å²) in [5.74, 6) is -0.155. The summed E-state index contributed by atoms with van der Waals surface area (Å²) < 4.78 is 13.3. The first-order valence-electron chi connectivity index (χ1n) is 6.99. The van der Waals surface area contributed by atoms with E-state index < -0.39 is 0 Å². The van der Waals surface area contributed by atoms with Crippen LogP contribution in [-0.4, -0.2) is 54.2 Å². The topological polar surface area (TPSA) is 26.7 Å². The summed E-state index contributed by atoms with van der Waals surface area (Å²) in [4.78, 5) is 4.66. The van der Waals surface area contributed by atoms with Gasteiger partial charge in [-0.25, -0.2) is 4.39 Å². The molecule has 0 aliphatic carbocycles. The zero-order valence-corrected chi connectivity index (χ0v) is 11.6. The molecule has 2 rings (SSSR count). The SMILES string of the molecule is Cc1ccc(F)cc1CN1CCCN(CCO)CC1. The summed E-state index contributed by atoms with van der Waals surface area (Å²) in [6.07, 6.45) is 1.11. The van der Waals surface area contributed by atoms with Crippen LogP contribution < -0.4 is 0 Å². The molecule has 0 atom stereocenters. The van der Waals surface area contributed by atoms with Crippen molar-refractivity contribution in [3.05, 3.63) is 35.1 Å². The minimum absolute atomic E-state index is 0.155. The second-order valence-electron chi connectivity index (χ2n) is 5.27. The van der Waals surface area contributed by atoms with Gasteiger partial charge >= 0.3 is 0 Å². The molecule has 4 heteroatoms. The standard InChI is InChI=1S/C15H23FN2O/c1-13-3-4-15(16)11-14(13)12-18-6-2-5-17(7-8-18)9-10-19/h3-4,11,19H,2,5-10,12H2,1H3. The monoisotopic (exact) mass is 266 g/mol. The van der Waals surface area contributed by atoms with Crippen LogP contribution in [0.25, 0.3) is 0 Å². The lowest BCUT2D eigenvalue weighted by atomic mass is 10.1. The van der Waals surface area contributed by atoms with Gasteiger partial charge in [0.2, 0.25) is 0 Å². The Bertz CT molecular complexity index is 411. The maximum absolute atomic E-state index is 13.3. The van der Waals surface area contributed by atoms with Crippen molar-refractivity contribution >= 4 is 0 Å². The van der Waals surface area contributed by atoms with Gasteiger partial charge in [0.25, 0.3) is 0 Å². The number of β-amino-alcohol motifs (C(OH)–C–C–N with tert-alkyl or cyclic N) is 1. The van der Waals surface area contributed by atoms with Crippen molar-refractivity contribution in [3.63, 3.8) is 0 Å². The molecule has 1 heterocycles. The molecule has 1 aromatic carbocycles. The third-order valence-electron chi connectivity index (χ3n) is 3.80. The maximum Gasteiger partial charge on any atom is 0.123 e. The van der Waals surface area contributed by atoms with Crippen LogP contribution in [0.5, 0.6) is 0 Å². The van der Waals surface area contributed by atoms with Crippen LogP contribution in [-0.2, 0) is 6.54 Å². The summed E-state index contributed by atoms with van der Waals surface area (Å²) >= 11 is 0. The van der Waals surface area contributed by atoms with E-state index in [2.05, 4.69) is 9.80 Å². The Kier molecular flexibility index (Phi) is 5.31. The Balaban J connectivity index is 1.94. The predicted molar refractivity (Wildman–Crippen MR) is 74.6 cm³/mol. The first-order chi connectivity index (χ1) is 9.19. The van der Waals surface area contributed by atoms with E-state index >= 15 is 0 Å². The fraction of sp³-hybridized carbons (Fsp3) is 0.600. The van der Waals surface area contributed by atoms with Crippen molar-refractivity contribution < 1.29 is 9.50 Å². The van der Waals surface area contributed by atoms with Crippen molar-refractivity contribution in [1.29, 1.82) is 0 Å². The number of rotatable bonds is 4. The van der Waals surface area contributed by atoms with Crippen LogP contribution in [0, 0.1) is 12.7 Å². The van der Waals surface area contributed by atoms with E-state index in [4.69, 9.17) is 5.11 Å². The van der Waals surface area contributed by atoms with Crippen LogP contribution in [0.3, 0.4) is 0 Å². The maximum atomic E-state index is 13.3. The average molecular weight is 266 g/mol. The molecule has 1 aromatic rings. The quantitative estimate of drug-likeness (QED) is 0.897. The largest absolute Gasteiger partial charge is 0.395 e. The molecule has 1 saturated heterocycles. The van der Waals surface area contributed by atoms with E-state index in [1.807, 2.05) is 13.0 Å². The van der Waals surface area contributed by atoms with Crippen molar-refractivity contribution in [2.24, 2.45) is 0 Å². The van der Waals surface area contributed by atoms with E-state index in [9.17, 15) is 4.39 Å². The molecule has 1 aliphatic heterocycles. The first kappa shape index (κ1) is 14.4. The summed E-state index contributed by atoms with van der Waals surface area (Å²) in [6.45, 7) is 7.87. The molecule has 0 bridgehead atoms. The Hall–Kier alpha value is -0.970. The van der Waals surface area contributed by atoms with Gasteiger partial charge in [0.1, 0.15) is 5.82 Å². The number of aliphatic hydroxyl groups excluding tert-OH is 1. The van der Waals surface area contributed by atoms with Gasteiger partial charge in [-0.05, 0) is 49.7 Å². The highest BCUT2D eigenvalue weighted by molar-refractivity contribution is 5.26. The molecule has 0 unspecified atom stereocenters. The minimum Gasteiger partial charge on any atom is -0.395 e. The second kappa shape index (κ2) is 6.98. The van der Waals surface area contributed by atoms with Gasteiger partial charge in [0.15, 0.2) is 0 Å². The first-order valence-corrected chi connectivity index (χ1v) is 6.99. The van der Waals surface area contributed by atoms with E-state index in [0.717, 1.165) is 56.8 Å². The molecular weight excluding hydrogens is 243 g/mol. The average Bonchev–Trinajstić information content (AvgIpc) is 2.60. The number of aryl methyl sites for hydroxylation is 1. The molecule has 0 amide bonds. The van der Waals surface area contributed by atoms with Crippen LogP contribution >= 0.6 is 0 Å². The van der Waals surface area contributed by atoms with E-state index in [1.165, 1.54) is 6.07 Å². The Labute approximate surface area is 114 Å². The number of hydrogen-bond acceptors (Lipinski definition) is 3. The highest BCUT2D eigenvalue weighted by Gasteiger charge is 2.15. The van der Waals surface area contributed by atoms with Gasteiger partial charge in [-0.1, -0.05) is 6.07 Å². The van der Waals surface area contributed by atoms with Crippen LogP contribution in [0.2, 0.25) is 0 Å². The highest BCUT2D eigenvalue weighted by Crippen LogP contribution is 2.14. The lowest BCUT2D eigenvalue weighted by molar-refractivity contribution is 0.196. The number of hydrogen-bond donors (Lipinski definition) is 1. The fourth-order valence-corrected chi connectivity index (χ4v) is 2.60. The van der Waals surface area contributed by atoms with Crippen molar-refractivity contribution in [2.45, 2.75) is 19.9 Å². The van der Waals surface area contributed by atoms with Gasteiger partial charge in [-0.15, -0.1) is 0 Å². The van der Waals surface area contributed by atoms with Gasteiger partial charge in [-0.3, -0.25) is 9.80 Å². The molecular formula is C15H23FN2O. The molecule has 1 N–H and O–H groups in total.